The summed E-state index contributed by atoms with van der Waals surface area (Å²) < 4.78 is 44.3. The van der Waals surface area contributed by atoms with E-state index < -0.39 is 11.7 Å². The molecule has 1 fully saturated rings. The maximum Gasteiger partial charge on any atom is 0.196 e. The quantitative estimate of drug-likeness (QED) is 0.518. The summed E-state index contributed by atoms with van der Waals surface area (Å²) in [6.45, 7) is 4.37. The smallest absolute Gasteiger partial charge is 0.196 e. The molecule has 152 valence electrons. The number of aryl methyl sites for hydroxylation is 1. The van der Waals surface area contributed by atoms with Gasteiger partial charge in [-0.05, 0) is 48.8 Å². The fourth-order valence-corrected chi connectivity index (χ4v) is 3.63. The molecule has 1 aromatic rings. The summed E-state index contributed by atoms with van der Waals surface area (Å²) in [7, 11) is 1.35. The van der Waals surface area contributed by atoms with Crippen molar-refractivity contribution in [1.82, 2.24) is 0 Å². The fourth-order valence-electron chi connectivity index (χ4n) is 3.63. The minimum Gasteiger partial charge on any atom is -0.498 e. The lowest BCUT2D eigenvalue weighted by Gasteiger charge is -2.30. The highest BCUT2D eigenvalue weighted by atomic mass is 19.2. The maximum atomic E-state index is 14.1. The van der Waals surface area contributed by atoms with E-state index in [9.17, 15) is 8.78 Å². The van der Waals surface area contributed by atoms with Crippen molar-refractivity contribution in [3.63, 3.8) is 0 Å². The van der Waals surface area contributed by atoms with Crippen LogP contribution in [-0.4, -0.2) is 26.6 Å². The van der Waals surface area contributed by atoms with Gasteiger partial charge in [0.05, 0.1) is 20.3 Å². The molecular weight excluding hydrogens is 362 g/mol. The average Bonchev–Trinajstić information content (AvgIpc) is 2.74. The molecular formula is C23H28F2O3. The molecule has 0 amide bonds. The molecule has 0 N–H and O–H groups in total. The van der Waals surface area contributed by atoms with Crippen molar-refractivity contribution in [2.45, 2.75) is 50.7 Å². The van der Waals surface area contributed by atoms with Crippen LogP contribution in [0.5, 0.6) is 0 Å². The first kappa shape index (κ1) is 20.7. The molecule has 2 unspecified atom stereocenters. The van der Waals surface area contributed by atoms with E-state index in [2.05, 4.69) is 30.8 Å². The first-order chi connectivity index (χ1) is 13.6. The average molecular weight is 390 g/mol. The molecule has 1 aliphatic heterocycles. The van der Waals surface area contributed by atoms with Crippen LogP contribution in [0.2, 0.25) is 0 Å². The molecule has 0 aromatic heterocycles. The number of hydrogen-bond donors (Lipinski definition) is 0. The standard InChI is InChI=1S/C23H28F2O3/c1-3-4-5-16-6-8-17(9-7-16)18-11-13-21(27-14-18)28-15-19-10-12-20(26-2)23(25)22(19)24/h3,6-9,18,21H,1,4-5,10-15H2,2H3. The Morgan fingerprint density at radius 1 is 1.14 bits per heavy atom. The van der Waals surface area contributed by atoms with Crippen molar-refractivity contribution in [3.05, 3.63) is 71.0 Å². The van der Waals surface area contributed by atoms with Gasteiger partial charge in [-0.3, -0.25) is 0 Å². The number of rotatable bonds is 8. The van der Waals surface area contributed by atoms with Gasteiger partial charge in [0.1, 0.15) is 5.76 Å². The molecule has 0 radical (unpaired) electrons. The number of benzene rings is 1. The van der Waals surface area contributed by atoms with Crippen molar-refractivity contribution in [3.8, 4) is 0 Å². The normalized spacial score (nSPS) is 23.1. The summed E-state index contributed by atoms with van der Waals surface area (Å²) in [5, 5.41) is 0. The second-order valence-electron chi connectivity index (χ2n) is 7.28. The van der Waals surface area contributed by atoms with Crippen LogP contribution in [0.15, 0.2) is 59.9 Å². The molecule has 3 rings (SSSR count). The van der Waals surface area contributed by atoms with Crippen LogP contribution in [0.4, 0.5) is 8.78 Å². The maximum absolute atomic E-state index is 14.1. The van der Waals surface area contributed by atoms with E-state index in [1.165, 1.54) is 18.2 Å². The Morgan fingerprint density at radius 3 is 2.57 bits per heavy atom. The van der Waals surface area contributed by atoms with Crippen LogP contribution in [0, 0.1) is 0 Å². The lowest BCUT2D eigenvalue weighted by Crippen LogP contribution is -2.28. The zero-order chi connectivity index (χ0) is 19.9. The fraction of sp³-hybridized carbons (Fsp3) is 0.478. The highest BCUT2D eigenvalue weighted by Crippen LogP contribution is 2.34. The van der Waals surface area contributed by atoms with Gasteiger partial charge in [-0.25, -0.2) is 8.78 Å². The van der Waals surface area contributed by atoms with E-state index >= 15 is 0 Å². The zero-order valence-corrected chi connectivity index (χ0v) is 16.4. The Labute approximate surface area is 165 Å². The van der Waals surface area contributed by atoms with Crippen LogP contribution in [0.25, 0.3) is 0 Å². The molecule has 0 bridgehead atoms. The Bertz CT molecular complexity index is 729. The molecule has 1 saturated heterocycles. The lowest BCUT2D eigenvalue weighted by molar-refractivity contribution is -0.162. The Balaban J connectivity index is 1.47. The van der Waals surface area contributed by atoms with Gasteiger partial charge in [-0.1, -0.05) is 30.3 Å². The van der Waals surface area contributed by atoms with Crippen LogP contribution in [0.3, 0.4) is 0 Å². The zero-order valence-electron chi connectivity index (χ0n) is 16.4. The van der Waals surface area contributed by atoms with E-state index in [-0.39, 0.29) is 18.7 Å². The monoisotopic (exact) mass is 390 g/mol. The summed E-state index contributed by atoms with van der Waals surface area (Å²) in [4.78, 5) is 0. The third kappa shape index (κ3) is 5.09. The van der Waals surface area contributed by atoms with E-state index in [0.29, 0.717) is 30.9 Å². The minimum atomic E-state index is -0.909. The molecule has 5 heteroatoms. The number of allylic oxidation sites excluding steroid dienone is 4. The van der Waals surface area contributed by atoms with E-state index in [1.807, 2.05) is 6.08 Å². The van der Waals surface area contributed by atoms with Crippen molar-refractivity contribution in [2.24, 2.45) is 0 Å². The minimum absolute atomic E-state index is 0.0452. The summed E-state index contributed by atoms with van der Waals surface area (Å²) >= 11 is 0. The van der Waals surface area contributed by atoms with Gasteiger partial charge in [0.15, 0.2) is 17.9 Å². The summed E-state index contributed by atoms with van der Waals surface area (Å²) in [6, 6.07) is 8.66. The number of methoxy groups -OCH3 is 1. The summed E-state index contributed by atoms with van der Waals surface area (Å²) in [5.74, 6) is -1.36. The van der Waals surface area contributed by atoms with Gasteiger partial charge < -0.3 is 14.2 Å². The van der Waals surface area contributed by atoms with Crippen LogP contribution in [-0.2, 0) is 20.6 Å². The van der Waals surface area contributed by atoms with Crippen molar-refractivity contribution in [2.75, 3.05) is 20.3 Å². The Kier molecular flexibility index (Phi) is 7.40. The van der Waals surface area contributed by atoms with Crippen LogP contribution >= 0.6 is 0 Å². The van der Waals surface area contributed by atoms with Crippen LogP contribution < -0.4 is 0 Å². The molecule has 0 saturated carbocycles. The molecule has 2 atom stereocenters. The van der Waals surface area contributed by atoms with Crippen molar-refractivity contribution in [1.29, 1.82) is 0 Å². The van der Waals surface area contributed by atoms with Crippen molar-refractivity contribution < 1.29 is 23.0 Å². The second kappa shape index (κ2) is 9.99. The third-order valence-corrected chi connectivity index (χ3v) is 5.41. The number of hydrogen-bond acceptors (Lipinski definition) is 3. The topological polar surface area (TPSA) is 27.7 Å². The number of ether oxygens (including phenoxy) is 3. The van der Waals surface area contributed by atoms with Gasteiger partial charge in [0.2, 0.25) is 0 Å². The molecule has 1 aromatic carbocycles. The van der Waals surface area contributed by atoms with Gasteiger partial charge >= 0.3 is 0 Å². The second-order valence-corrected chi connectivity index (χ2v) is 7.28. The SMILES string of the molecule is C=CCCc1ccc(C2CCC(OCC3=C(F)C(F)=C(OC)CC3)OC2)cc1. The molecule has 0 spiro atoms. The molecule has 1 heterocycles. The largest absolute Gasteiger partial charge is 0.498 e. The lowest BCUT2D eigenvalue weighted by atomic mass is 9.92. The molecule has 28 heavy (non-hydrogen) atoms. The Hall–Kier alpha value is -1.98. The van der Waals surface area contributed by atoms with Gasteiger partial charge in [-0.2, -0.15) is 0 Å². The molecule has 1 aliphatic carbocycles. The van der Waals surface area contributed by atoms with Crippen LogP contribution in [0.1, 0.15) is 49.1 Å². The van der Waals surface area contributed by atoms with Gasteiger partial charge in [-0.15, -0.1) is 6.58 Å². The van der Waals surface area contributed by atoms with Gasteiger partial charge in [0.25, 0.3) is 0 Å². The Morgan fingerprint density at radius 2 is 1.93 bits per heavy atom. The van der Waals surface area contributed by atoms with E-state index in [4.69, 9.17) is 14.2 Å². The highest BCUT2D eigenvalue weighted by molar-refractivity contribution is 5.32. The third-order valence-electron chi connectivity index (χ3n) is 5.41. The summed E-state index contributed by atoms with van der Waals surface area (Å²) in [6.07, 6.45) is 5.97. The van der Waals surface area contributed by atoms with E-state index in [0.717, 1.165) is 25.7 Å². The number of halogens is 2. The predicted molar refractivity (Wildman–Crippen MR) is 105 cm³/mol. The van der Waals surface area contributed by atoms with Crippen molar-refractivity contribution >= 4 is 0 Å². The first-order valence-corrected chi connectivity index (χ1v) is 9.85. The first-order valence-electron chi connectivity index (χ1n) is 9.85. The van der Waals surface area contributed by atoms with E-state index in [1.54, 1.807) is 0 Å². The predicted octanol–water partition coefficient (Wildman–Crippen LogP) is 5.89. The molecule has 3 nitrogen and oxygen atoms in total. The van der Waals surface area contributed by atoms with Gasteiger partial charge in [0, 0.05) is 12.3 Å². The summed E-state index contributed by atoms with van der Waals surface area (Å²) in [5.41, 5.74) is 2.91. The molecule has 2 aliphatic rings. The highest BCUT2D eigenvalue weighted by Gasteiger charge is 2.26.